The molecule has 0 bridgehead atoms. The third kappa shape index (κ3) is 2.34. The van der Waals surface area contributed by atoms with Crippen LogP contribution < -0.4 is 9.47 Å². The lowest BCUT2D eigenvalue weighted by Crippen LogP contribution is -2.00. The van der Waals surface area contributed by atoms with Crippen LogP contribution in [0.5, 0.6) is 23.0 Å². The Morgan fingerprint density at radius 1 is 0.880 bits per heavy atom. The summed E-state index contributed by atoms with van der Waals surface area (Å²) < 4.78 is 11.1. The van der Waals surface area contributed by atoms with E-state index in [0.29, 0.717) is 33.8 Å². The molecule has 0 fully saturated rings. The van der Waals surface area contributed by atoms with Gasteiger partial charge in [0.05, 0.1) is 13.2 Å². The monoisotopic (exact) mass is 340 g/mol. The van der Waals surface area contributed by atoms with Gasteiger partial charge in [-0.3, -0.25) is 0 Å². The summed E-state index contributed by atoms with van der Waals surface area (Å²) in [5.74, 6) is 0.645. The molecule has 0 aliphatic carbocycles. The molecule has 1 heterocycles. The number of benzene rings is 3. The Labute approximate surface area is 143 Å². The molecule has 0 amide bonds. The fraction of sp³-hybridized carbons (Fsp3) is 0.158. The van der Waals surface area contributed by atoms with Crippen LogP contribution in [0.3, 0.4) is 0 Å². The van der Waals surface area contributed by atoms with Gasteiger partial charge in [-0.25, -0.2) is 0 Å². The van der Waals surface area contributed by atoms with Gasteiger partial charge in [-0.05, 0) is 51.9 Å². The largest absolute Gasteiger partial charge is 0.504 e. The van der Waals surface area contributed by atoms with E-state index < -0.39 is 0 Å². The lowest BCUT2D eigenvalue weighted by atomic mass is 9.89. The van der Waals surface area contributed by atoms with Crippen molar-refractivity contribution in [1.29, 1.82) is 0 Å². The molecular weight excluding hydrogens is 324 g/mol. The van der Waals surface area contributed by atoms with E-state index in [-0.39, 0.29) is 31.5 Å². The SMILES string of the molecule is OCc1cc2ccc3c(c2c(-c2ccc(O)c(O)c2)c1CO)OCO3. The zero-order valence-electron chi connectivity index (χ0n) is 13.2. The molecule has 0 spiro atoms. The van der Waals surface area contributed by atoms with E-state index in [1.807, 2.05) is 6.07 Å². The number of rotatable bonds is 3. The van der Waals surface area contributed by atoms with Gasteiger partial charge in [0.1, 0.15) is 0 Å². The first-order valence-corrected chi connectivity index (χ1v) is 7.75. The topological polar surface area (TPSA) is 99.4 Å². The highest BCUT2D eigenvalue weighted by Gasteiger charge is 2.23. The zero-order valence-corrected chi connectivity index (χ0v) is 13.2. The number of ether oxygens (including phenoxy) is 2. The van der Waals surface area contributed by atoms with Gasteiger partial charge in [-0.1, -0.05) is 12.1 Å². The minimum Gasteiger partial charge on any atom is -0.504 e. The molecule has 0 aromatic heterocycles. The second-order valence-corrected chi connectivity index (χ2v) is 5.81. The Morgan fingerprint density at radius 2 is 1.72 bits per heavy atom. The minimum absolute atomic E-state index is 0.102. The third-order valence-electron chi connectivity index (χ3n) is 4.43. The lowest BCUT2D eigenvalue weighted by molar-refractivity contribution is 0.175. The highest BCUT2D eigenvalue weighted by atomic mass is 16.7. The van der Waals surface area contributed by atoms with E-state index in [2.05, 4.69) is 0 Å². The van der Waals surface area contributed by atoms with Crippen LogP contribution >= 0.6 is 0 Å². The Kier molecular flexibility index (Phi) is 3.63. The lowest BCUT2D eigenvalue weighted by Gasteiger charge is -2.17. The van der Waals surface area contributed by atoms with E-state index in [9.17, 15) is 20.4 Å². The van der Waals surface area contributed by atoms with Gasteiger partial charge in [0.25, 0.3) is 0 Å². The fourth-order valence-corrected chi connectivity index (χ4v) is 3.27. The van der Waals surface area contributed by atoms with Gasteiger partial charge in [0.2, 0.25) is 6.79 Å². The van der Waals surface area contributed by atoms with Crippen LogP contribution in [0.1, 0.15) is 11.1 Å². The number of phenols is 2. The van der Waals surface area contributed by atoms with Gasteiger partial charge in [-0.15, -0.1) is 0 Å². The standard InChI is InChI=1S/C19H16O6/c20-7-12-5-10-2-4-16-19(25-9-24-16)18(10)17(13(12)8-21)11-1-3-14(22)15(23)6-11/h1-6,20-23H,7-9H2. The zero-order chi connectivity index (χ0) is 17.6. The highest BCUT2D eigenvalue weighted by Crippen LogP contribution is 2.47. The number of aliphatic hydroxyl groups excluding tert-OH is 2. The molecule has 0 unspecified atom stereocenters. The van der Waals surface area contributed by atoms with Crippen molar-refractivity contribution in [2.24, 2.45) is 0 Å². The summed E-state index contributed by atoms with van der Waals surface area (Å²) in [6, 6.07) is 9.88. The maximum absolute atomic E-state index is 9.93. The number of phenolic OH excluding ortho intramolecular Hbond substituents is 2. The van der Waals surface area contributed by atoms with Gasteiger partial charge >= 0.3 is 0 Å². The molecular formula is C19H16O6. The summed E-state index contributed by atoms with van der Waals surface area (Å²) in [5.41, 5.74) is 2.32. The van der Waals surface area contributed by atoms with Crippen LogP contribution in [0, 0.1) is 0 Å². The highest BCUT2D eigenvalue weighted by molar-refractivity contribution is 6.05. The summed E-state index contributed by atoms with van der Waals surface area (Å²) in [7, 11) is 0. The summed E-state index contributed by atoms with van der Waals surface area (Å²) in [5, 5.41) is 40.7. The average Bonchev–Trinajstić information content (AvgIpc) is 3.11. The summed E-state index contributed by atoms with van der Waals surface area (Å²) >= 11 is 0. The third-order valence-corrected chi connectivity index (χ3v) is 4.43. The van der Waals surface area contributed by atoms with Crippen molar-refractivity contribution in [2.45, 2.75) is 13.2 Å². The quantitative estimate of drug-likeness (QED) is 0.547. The second-order valence-electron chi connectivity index (χ2n) is 5.81. The van der Waals surface area contributed by atoms with E-state index >= 15 is 0 Å². The van der Waals surface area contributed by atoms with Gasteiger partial charge in [0, 0.05) is 5.39 Å². The van der Waals surface area contributed by atoms with E-state index in [1.165, 1.54) is 12.1 Å². The van der Waals surface area contributed by atoms with Crippen LogP contribution in [0.15, 0.2) is 36.4 Å². The average molecular weight is 340 g/mol. The number of aromatic hydroxyl groups is 2. The molecule has 4 N–H and O–H groups in total. The number of aliphatic hydroxyl groups is 2. The van der Waals surface area contributed by atoms with Crippen molar-refractivity contribution in [1.82, 2.24) is 0 Å². The molecule has 25 heavy (non-hydrogen) atoms. The van der Waals surface area contributed by atoms with Crippen LogP contribution in [0.25, 0.3) is 21.9 Å². The maximum Gasteiger partial charge on any atom is 0.231 e. The number of hydrogen-bond donors (Lipinski definition) is 4. The molecule has 6 heteroatoms. The van der Waals surface area contributed by atoms with Gasteiger partial charge < -0.3 is 29.9 Å². The molecule has 1 aliphatic heterocycles. The Bertz CT molecular complexity index is 980. The van der Waals surface area contributed by atoms with Crippen molar-refractivity contribution in [2.75, 3.05) is 6.79 Å². The van der Waals surface area contributed by atoms with Crippen LogP contribution in [-0.4, -0.2) is 27.2 Å². The molecule has 4 rings (SSSR count). The minimum atomic E-state index is -0.298. The van der Waals surface area contributed by atoms with Crippen molar-refractivity contribution in [3.63, 3.8) is 0 Å². The van der Waals surface area contributed by atoms with Crippen molar-refractivity contribution < 1.29 is 29.9 Å². The van der Waals surface area contributed by atoms with E-state index in [1.54, 1.807) is 18.2 Å². The predicted octanol–water partition coefficient (Wildman–Crippen LogP) is 2.63. The molecule has 128 valence electrons. The summed E-state index contributed by atoms with van der Waals surface area (Å²) in [6.45, 7) is -0.435. The smallest absolute Gasteiger partial charge is 0.231 e. The van der Waals surface area contributed by atoms with E-state index in [4.69, 9.17) is 9.47 Å². The van der Waals surface area contributed by atoms with Gasteiger partial charge in [0.15, 0.2) is 23.0 Å². The maximum atomic E-state index is 9.93. The molecule has 6 nitrogen and oxygen atoms in total. The van der Waals surface area contributed by atoms with Crippen LogP contribution in [-0.2, 0) is 13.2 Å². The van der Waals surface area contributed by atoms with Gasteiger partial charge in [-0.2, -0.15) is 0 Å². The Morgan fingerprint density at radius 3 is 2.44 bits per heavy atom. The Balaban J connectivity index is 2.15. The second kappa shape index (κ2) is 5.84. The summed E-state index contributed by atoms with van der Waals surface area (Å²) in [4.78, 5) is 0. The Hall–Kier alpha value is -2.96. The molecule has 0 saturated carbocycles. The van der Waals surface area contributed by atoms with Crippen molar-refractivity contribution >= 4 is 10.8 Å². The number of hydrogen-bond acceptors (Lipinski definition) is 6. The molecule has 1 aliphatic rings. The fourth-order valence-electron chi connectivity index (χ4n) is 3.27. The first-order valence-electron chi connectivity index (χ1n) is 7.75. The molecule has 0 atom stereocenters. The van der Waals surface area contributed by atoms with Crippen LogP contribution in [0.2, 0.25) is 0 Å². The molecule has 0 saturated heterocycles. The van der Waals surface area contributed by atoms with Crippen LogP contribution in [0.4, 0.5) is 0 Å². The van der Waals surface area contributed by atoms with Crippen molar-refractivity contribution in [3.8, 4) is 34.1 Å². The molecule has 3 aromatic rings. The first kappa shape index (κ1) is 15.6. The van der Waals surface area contributed by atoms with Crippen molar-refractivity contribution in [3.05, 3.63) is 47.5 Å². The van der Waals surface area contributed by atoms with E-state index in [0.717, 1.165) is 10.8 Å². The number of fused-ring (bicyclic) bond motifs is 3. The first-order chi connectivity index (χ1) is 12.1. The molecule has 3 aromatic carbocycles. The predicted molar refractivity (Wildman–Crippen MR) is 90.7 cm³/mol. The summed E-state index contributed by atoms with van der Waals surface area (Å²) in [6.07, 6.45) is 0. The molecule has 0 radical (unpaired) electrons. The normalized spacial score (nSPS) is 12.7.